The summed E-state index contributed by atoms with van der Waals surface area (Å²) in [7, 11) is 1.69. The predicted octanol–water partition coefficient (Wildman–Crippen LogP) is 3.57. The standard InChI is InChI=1S/C22H25N3O2/c1-16(22(26)20-15-23-21-9-4-3-8-19(20)21)24-10-12-25(13-11-24)17-6-5-7-18(14-17)27-2/h3-9,14-16,23H,10-13H2,1-2H3/t16-/m1/s1. The number of nitrogens with one attached hydrogen (secondary N) is 1. The van der Waals surface area contributed by atoms with Gasteiger partial charge < -0.3 is 14.6 Å². The third kappa shape index (κ3) is 3.43. The van der Waals surface area contributed by atoms with Crippen LogP contribution in [0.15, 0.2) is 54.7 Å². The molecule has 5 heteroatoms. The molecule has 0 amide bonds. The summed E-state index contributed by atoms with van der Waals surface area (Å²) < 4.78 is 5.33. The highest BCUT2D eigenvalue weighted by Crippen LogP contribution is 2.24. The maximum Gasteiger partial charge on any atom is 0.181 e. The first-order valence-corrected chi connectivity index (χ1v) is 9.41. The minimum Gasteiger partial charge on any atom is -0.497 e. The van der Waals surface area contributed by atoms with E-state index in [2.05, 4.69) is 26.9 Å². The van der Waals surface area contributed by atoms with Crippen molar-refractivity contribution in [1.82, 2.24) is 9.88 Å². The van der Waals surface area contributed by atoms with Gasteiger partial charge in [0.2, 0.25) is 0 Å². The second-order valence-electron chi connectivity index (χ2n) is 7.01. The largest absolute Gasteiger partial charge is 0.497 e. The summed E-state index contributed by atoms with van der Waals surface area (Å²) in [5.74, 6) is 1.06. The van der Waals surface area contributed by atoms with Crippen molar-refractivity contribution in [2.24, 2.45) is 0 Å². The zero-order valence-corrected chi connectivity index (χ0v) is 15.8. The van der Waals surface area contributed by atoms with Gasteiger partial charge in [-0.15, -0.1) is 0 Å². The normalized spacial score (nSPS) is 16.4. The van der Waals surface area contributed by atoms with Gasteiger partial charge in [0.25, 0.3) is 0 Å². The fraction of sp³-hybridized carbons (Fsp3) is 0.318. The fourth-order valence-corrected chi connectivity index (χ4v) is 3.84. The van der Waals surface area contributed by atoms with Crippen molar-refractivity contribution in [3.63, 3.8) is 0 Å². The monoisotopic (exact) mass is 363 g/mol. The van der Waals surface area contributed by atoms with Crippen LogP contribution in [-0.2, 0) is 0 Å². The first-order chi connectivity index (χ1) is 13.2. The molecule has 3 aromatic rings. The lowest BCUT2D eigenvalue weighted by molar-refractivity contribution is 0.0831. The SMILES string of the molecule is COc1cccc(N2CCN([C@H](C)C(=O)c3c[nH]c4ccccc34)CC2)c1. The second kappa shape index (κ2) is 7.45. The van der Waals surface area contributed by atoms with E-state index < -0.39 is 0 Å². The van der Waals surface area contributed by atoms with Gasteiger partial charge in [0, 0.05) is 60.6 Å². The number of para-hydroxylation sites is 1. The number of aromatic amines is 1. The van der Waals surface area contributed by atoms with Crippen LogP contribution in [0.25, 0.3) is 10.9 Å². The van der Waals surface area contributed by atoms with Gasteiger partial charge in [0.1, 0.15) is 5.75 Å². The third-order valence-corrected chi connectivity index (χ3v) is 5.51. The lowest BCUT2D eigenvalue weighted by Crippen LogP contribution is -2.51. The van der Waals surface area contributed by atoms with Gasteiger partial charge in [-0.1, -0.05) is 24.3 Å². The molecule has 1 aromatic heterocycles. The maximum absolute atomic E-state index is 13.1. The number of fused-ring (bicyclic) bond motifs is 1. The lowest BCUT2D eigenvalue weighted by atomic mass is 10.0. The zero-order chi connectivity index (χ0) is 18.8. The van der Waals surface area contributed by atoms with E-state index in [1.807, 2.05) is 49.5 Å². The van der Waals surface area contributed by atoms with Gasteiger partial charge >= 0.3 is 0 Å². The Bertz CT molecular complexity index is 941. The first-order valence-electron chi connectivity index (χ1n) is 9.41. The van der Waals surface area contributed by atoms with Crippen LogP contribution in [0.5, 0.6) is 5.75 Å². The molecule has 2 heterocycles. The van der Waals surface area contributed by atoms with Crippen LogP contribution in [0.4, 0.5) is 5.69 Å². The number of rotatable bonds is 5. The molecular weight excluding hydrogens is 338 g/mol. The van der Waals surface area contributed by atoms with E-state index >= 15 is 0 Å². The Morgan fingerprint density at radius 1 is 1.07 bits per heavy atom. The van der Waals surface area contributed by atoms with Gasteiger partial charge in [-0.2, -0.15) is 0 Å². The number of piperazine rings is 1. The number of methoxy groups -OCH3 is 1. The van der Waals surface area contributed by atoms with Crippen molar-refractivity contribution in [3.05, 3.63) is 60.3 Å². The molecule has 0 spiro atoms. The van der Waals surface area contributed by atoms with E-state index in [0.717, 1.165) is 48.4 Å². The van der Waals surface area contributed by atoms with Gasteiger partial charge in [0.05, 0.1) is 13.2 Å². The molecule has 4 rings (SSSR count). The summed E-state index contributed by atoms with van der Waals surface area (Å²) in [5.41, 5.74) is 2.97. The number of Topliss-reactive ketones (excluding diaryl/α,β-unsaturated/α-hetero) is 1. The topological polar surface area (TPSA) is 48.6 Å². The lowest BCUT2D eigenvalue weighted by Gasteiger charge is -2.38. The molecule has 0 unspecified atom stereocenters. The van der Waals surface area contributed by atoms with E-state index in [1.54, 1.807) is 7.11 Å². The zero-order valence-electron chi connectivity index (χ0n) is 15.8. The number of carbonyl (C=O) groups excluding carboxylic acids is 1. The number of nitrogens with zero attached hydrogens (tertiary/aromatic N) is 2. The Morgan fingerprint density at radius 2 is 1.85 bits per heavy atom. The molecule has 1 aliphatic heterocycles. The number of benzene rings is 2. The summed E-state index contributed by atoms with van der Waals surface area (Å²) in [4.78, 5) is 20.9. The van der Waals surface area contributed by atoms with Crippen molar-refractivity contribution in [3.8, 4) is 5.75 Å². The molecule has 1 atom stereocenters. The molecule has 1 aliphatic rings. The van der Waals surface area contributed by atoms with Gasteiger partial charge in [0.15, 0.2) is 5.78 Å². The average molecular weight is 363 g/mol. The molecular formula is C22H25N3O2. The van der Waals surface area contributed by atoms with E-state index in [9.17, 15) is 4.79 Å². The maximum atomic E-state index is 13.1. The number of H-pyrrole nitrogens is 1. The summed E-state index contributed by atoms with van der Waals surface area (Å²) in [6, 6.07) is 16.0. The van der Waals surface area contributed by atoms with Crippen LogP contribution in [0.3, 0.4) is 0 Å². The highest BCUT2D eigenvalue weighted by atomic mass is 16.5. The molecule has 0 radical (unpaired) electrons. The minimum atomic E-state index is -0.128. The molecule has 27 heavy (non-hydrogen) atoms. The number of ketones is 1. The highest BCUT2D eigenvalue weighted by molar-refractivity contribution is 6.10. The molecule has 1 saturated heterocycles. The van der Waals surface area contributed by atoms with Crippen molar-refractivity contribution in [2.45, 2.75) is 13.0 Å². The van der Waals surface area contributed by atoms with Crippen LogP contribution < -0.4 is 9.64 Å². The van der Waals surface area contributed by atoms with Crippen molar-refractivity contribution >= 4 is 22.4 Å². The number of hydrogen-bond acceptors (Lipinski definition) is 4. The Hall–Kier alpha value is -2.79. The smallest absolute Gasteiger partial charge is 0.181 e. The summed E-state index contributed by atoms with van der Waals surface area (Å²) in [6.07, 6.45) is 1.84. The molecule has 0 saturated carbocycles. The first kappa shape index (κ1) is 17.6. The highest BCUT2D eigenvalue weighted by Gasteiger charge is 2.27. The minimum absolute atomic E-state index is 0.128. The third-order valence-electron chi connectivity index (χ3n) is 5.51. The molecule has 1 fully saturated rings. The quantitative estimate of drug-likeness (QED) is 0.704. The van der Waals surface area contributed by atoms with Gasteiger partial charge in [-0.25, -0.2) is 0 Å². The van der Waals surface area contributed by atoms with E-state index in [1.165, 1.54) is 5.69 Å². The second-order valence-corrected chi connectivity index (χ2v) is 7.01. The van der Waals surface area contributed by atoms with Crippen LogP contribution >= 0.6 is 0 Å². The number of anilines is 1. The Labute approximate surface area is 159 Å². The van der Waals surface area contributed by atoms with Crippen LogP contribution in [-0.4, -0.2) is 55.0 Å². The summed E-state index contributed by atoms with van der Waals surface area (Å²) in [6.45, 7) is 5.56. The number of aromatic nitrogens is 1. The molecule has 0 aliphatic carbocycles. The molecule has 2 aromatic carbocycles. The van der Waals surface area contributed by atoms with Crippen molar-refractivity contribution < 1.29 is 9.53 Å². The molecule has 140 valence electrons. The predicted molar refractivity (Wildman–Crippen MR) is 109 cm³/mol. The van der Waals surface area contributed by atoms with Gasteiger partial charge in [-0.3, -0.25) is 9.69 Å². The van der Waals surface area contributed by atoms with Crippen LogP contribution in [0.1, 0.15) is 17.3 Å². The van der Waals surface area contributed by atoms with Gasteiger partial charge in [-0.05, 0) is 25.1 Å². The Balaban J connectivity index is 1.43. The van der Waals surface area contributed by atoms with E-state index in [0.29, 0.717) is 0 Å². The molecule has 5 nitrogen and oxygen atoms in total. The Kier molecular flexibility index (Phi) is 4.86. The molecule has 0 bridgehead atoms. The fourth-order valence-electron chi connectivity index (χ4n) is 3.84. The Morgan fingerprint density at radius 3 is 2.63 bits per heavy atom. The van der Waals surface area contributed by atoms with Crippen LogP contribution in [0, 0.1) is 0 Å². The number of ether oxygens (including phenoxy) is 1. The van der Waals surface area contributed by atoms with Crippen molar-refractivity contribution in [1.29, 1.82) is 0 Å². The van der Waals surface area contributed by atoms with Crippen LogP contribution in [0.2, 0.25) is 0 Å². The van der Waals surface area contributed by atoms with E-state index in [4.69, 9.17) is 4.74 Å². The number of carbonyl (C=O) groups is 1. The average Bonchev–Trinajstić information content (AvgIpc) is 3.17. The van der Waals surface area contributed by atoms with E-state index in [-0.39, 0.29) is 11.8 Å². The molecule has 1 N–H and O–H groups in total. The number of hydrogen-bond donors (Lipinski definition) is 1. The van der Waals surface area contributed by atoms with Crippen molar-refractivity contribution in [2.75, 3.05) is 38.2 Å². The summed E-state index contributed by atoms with van der Waals surface area (Å²) >= 11 is 0. The summed E-state index contributed by atoms with van der Waals surface area (Å²) in [5, 5.41) is 1.00.